The molecule has 15 heavy (non-hydrogen) atoms. The zero-order valence-corrected chi connectivity index (χ0v) is 9.87. The lowest BCUT2D eigenvalue weighted by Crippen LogP contribution is -2.26. The predicted molar refractivity (Wildman–Crippen MR) is 63.5 cm³/mol. The number of halogens is 3. The molecule has 4 heteroatoms. The maximum atomic E-state index is 12.9. The van der Waals surface area contributed by atoms with Crippen LogP contribution in [0.5, 0.6) is 0 Å². The van der Waals surface area contributed by atoms with Crippen LogP contribution in [0.15, 0.2) is 18.2 Å². The largest absolute Gasteiger partial charge is 0.317 e. The molecule has 0 aromatic heterocycles. The van der Waals surface area contributed by atoms with Crippen molar-refractivity contribution in [2.24, 2.45) is 0 Å². The van der Waals surface area contributed by atoms with E-state index < -0.39 is 0 Å². The smallest absolute Gasteiger partial charge is 0.141 e. The molecule has 1 aliphatic heterocycles. The van der Waals surface area contributed by atoms with Crippen molar-refractivity contribution in [2.75, 3.05) is 13.1 Å². The minimum Gasteiger partial charge on any atom is -0.317 e. The quantitative estimate of drug-likeness (QED) is 0.805. The number of piperidine rings is 1. The second kappa shape index (κ2) is 5.69. The Balaban J connectivity index is 0.00000112. The molecule has 1 saturated heterocycles. The molecular weight excluding hydrogens is 236 g/mol. The van der Waals surface area contributed by atoms with Gasteiger partial charge in [0.05, 0.1) is 5.02 Å². The fraction of sp³-hybridized carbons (Fsp3) is 0.455. The summed E-state index contributed by atoms with van der Waals surface area (Å²) in [6.45, 7) is 2.08. The van der Waals surface area contributed by atoms with Crippen LogP contribution < -0.4 is 5.32 Å². The van der Waals surface area contributed by atoms with E-state index in [0.29, 0.717) is 5.92 Å². The van der Waals surface area contributed by atoms with Gasteiger partial charge in [0.25, 0.3) is 0 Å². The van der Waals surface area contributed by atoms with Gasteiger partial charge in [0.15, 0.2) is 0 Å². The summed E-state index contributed by atoms with van der Waals surface area (Å²) in [5.74, 6) is 0.207. The summed E-state index contributed by atoms with van der Waals surface area (Å²) in [5.41, 5.74) is 1.16. The topological polar surface area (TPSA) is 12.0 Å². The van der Waals surface area contributed by atoms with E-state index in [4.69, 9.17) is 11.6 Å². The Kier molecular flexibility index (Phi) is 4.84. The van der Waals surface area contributed by atoms with E-state index in [1.807, 2.05) is 6.07 Å². The highest BCUT2D eigenvalue weighted by Crippen LogP contribution is 2.28. The van der Waals surface area contributed by atoms with Gasteiger partial charge in [-0.3, -0.25) is 0 Å². The Bertz CT molecular complexity index is 324. The molecule has 1 aromatic rings. The Labute approximate surface area is 100 Å². The molecule has 84 valence electrons. The SMILES string of the molecule is Cl.Fc1ccc(C2CCNCC2)cc1Cl. The van der Waals surface area contributed by atoms with Crippen LogP contribution >= 0.6 is 24.0 Å². The van der Waals surface area contributed by atoms with Crippen molar-refractivity contribution in [3.05, 3.63) is 34.6 Å². The van der Waals surface area contributed by atoms with Gasteiger partial charge in [-0.2, -0.15) is 0 Å². The van der Waals surface area contributed by atoms with Gasteiger partial charge in [-0.25, -0.2) is 4.39 Å². The molecule has 0 spiro atoms. The van der Waals surface area contributed by atoms with Crippen LogP contribution in [0.3, 0.4) is 0 Å². The van der Waals surface area contributed by atoms with Crippen LogP contribution in [0.2, 0.25) is 5.02 Å². The van der Waals surface area contributed by atoms with Crippen LogP contribution in [-0.4, -0.2) is 13.1 Å². The fourth-order valence-electron chi connectivity index (χ4n) is 1.92. The summed E-state index contributed by atoms with van der Waals surface area (Å²) in [6, 6.07) is 5.06. The molecule has 1 aromatic carbocycles. The summed E-state index contributed by atoms with van der Waals surface area (Å²) in [5, 5.41) is 3.54. The number of hydrogen-bond acceptors (Lipinski definition) is 1. The van der Waals surface area contributed by atoms with E-state index in [1.165, 1.54) is 6.07 Å². The van der Waals surface area contributed by atoms with E-state index in [2.05, 4.69) is 5.32 Å². The van der Waals surface area contributed by atoms with Crippen molar-refractivity contribution in [3.63, 3.8) is 0 Å². The average molecular weight is 250 g/mol. The fourth-order valence-corrected chi connectivity index (χ4v) is 2.11. The maximum absolute atomic E-state index is 12.9. The molecule has 0 atom stereocenters. The predicted octanol–water partition coefficient (Wildman–Crippen LogP) is 3.37. The lowest BCUT2D eigenvalue weighted by Gasteiger charge is -2.23. The molecule has 2 rings (SSSR count). The van der Waals surface area contributed by atoms with Gasteiger partial charge >= 0.3 is 0 Å². The minimum absolute atomic E-state index is 0. The normalized spacial score (nSPS) is 17.2. The Morgan fingerprint density at radius 3 is 2.53 bits per heavy atom. The van der Waals surface area contributed by atoms with Crippen molar-refractivity contribution in [2.45, 2.75) is 18.8 Å². The van der Waals surface area contributed by atoms with Crippen molar-refractivity contribution in [1.82, 2.24) is 5.32 Å². The summed E-state index contributed by atoms with van der Waals surface area (Å²) in [4.78, 5) is 0. The van der Waals surface area contributed by atoms with Gasteiger partial charge in [0.1, 0.15) is 5.82 Å². The van der Waals surface area contributed by atoms with E-state index in [-0.39, 0.29) is 23.2 Å². The van der Waals surface area contributed by atoms with E-state index in [1.54, 1.807) is 6.07 Å². The molecule has 0 bridgehead atoms. The van der Waals surface area contributed by atoms with Crippen molar-refractivity contribution in [1.29, 1.82) is 0 Å². The van der Waals surface area contributed by atoms with Crippen LogP contribution in [-0.2, 0) is 0 Å². The second-order valence-electron chi connectivity index (χ2n) is 3.70. The van der Waals surface area contributed by atoms with Gasteiger partial charge in [-0.1, -0.05) is 17.7 Å². The lowest BCUT2D eigenvalue weighted by molar-refractivity contribution is 0.460. The Morgan fingerprint density at radius 2 is 1.93 bits per heavy atom. The van der Waals surface area contributed by atoms with E-state index in [0.717, 1.165) is 31.5 Å². The number of benzene rings is 1. The Morgan fingerprint density at radius 1 is 1.27 bits per heavy atom. The number of hydrogen-bond donors (Lipinski definition) is 1. The van der Waals surface area contributed by atoms with Crippen LogP contribution in [0, 0.1) is 5.82 Å². The first-order valence-electron chi connectivity index (χ1n) is 4.93. The van der Waals surface area contributed by atoms with E-state index in [9.17, 15) is 4.39 Å². The average Bonchev–Trinajstić information content (AvgIpc) is 2.23. The van der Waals surface area contributed by atoms with Gasteiger partial charge in [0.2, 0.25) is 0 Å². The van der Waals surface area contributed by atoms with Gasteiger partial charge < -0.3 is 5.32 Å². The number of nitrogens with one attached hydrogen (secondary N) is 1. The first kappa shape index (κ1) is 12.8. The molecule has 0 amide bonds. The van der Waals surface area contributed by atoms with Gasteiger partial charge in [0, 0.05) is 0 Å². The molecule has 0 radical (unpaired) electrons. The second-order valence-corrected chi connectivity index (χ2v) is 4.11. The third-order valence-electron chi connectivity index (χ3n) is 2.75. The van der Waals surface area contributed by atoms with Crippen molar-refractivity contribution < 1.29 is 4.39 Å². The van der Waals surface area contributed by atoms with Gasteiger partial charge in [-0.15, -0.1) is 12.4 Å². The third-order valence-corrected chi connectivity index (χ3v) is 3.04. The molecule has 1 heterocycles. The highest BCUT2D eigenvalue weighted by molar-refractivity contribution is 6.30. The molecule has 0 aliphatic carbocycles. The zero-order valence-electron chi connectivity index (χ0n) is 8.30. The van der Waals surface area contributed by atoms with Crippen LogP contribution in [0.25, 0.3) is 0 Å². The summed E-state index contributed by atoms with van der Waals surface area (Å²) < 4.78 is 12.9. The summed E-state index contributed by atoms with van der Waals surface area (Å²) >= 11 is 5.74. The molecule has 1 fully saturated rings. The number of rotatable bonds is 1. The first-order valence-corrected chi connectivity index (χ1v) is 5.31. The molecule has 1 aliphatic rings. The van der Waals surface area contributed by atoms with Crippen LogP contribution in [0.1, 0.15) is 24.3 Å². The van der Waals surface area contributed by atoms with Crippen molar-refractivity contribution in [3.8, 4) is 0 Å². The highest BCUT2D eigenvalue weighted by Gasteiger charge is 2.15. The molecular formula is C11H14Cl2FN. The maximum Gasteiger partial charge on any atom is 0.141 e. The highest BCUT2D eigenvalue weighted by atomic mass is 35.5. The molecule has 0 saturated carbocycles. The minimum atomic E-state index is -0.329. The molecule has 0 unspecified atom stereocenters. The van der Waals surface area contributed by atoms with Crippen molar-refractivity contribution >= 4 is 24.0 Å². The molecule has 1 N–H and O–H groups in total. The first-order chi connectivity index (χ1) is 6.77. The molecule has 1 nitrogen and oxygen atoms in total. The monoisotopic (exact) mass is 249 g/mol. The van der Waals surface area contributed by atoms with Gasteiger partial charge in [-0.05, 0) is 49.5 Å². The summed E-state index contributed by atoms with van der Waals surface area (Å²) in [6.07, 6.45) is 2.23. The lowest BCUT2D eigenvalue weighted by atomic mass is 9.90. The summed E-state index contributed by atoms with van der Waals surface area (Å²) in [7, 11) is 0. The standard InChI is InChI=1S/C11H13ClFN.ClH/c12-10-7-9(1-2-11(10)13)8-3-5-14-6-4-8;/h1-2,7-8,14H,3-6H2;1H. The van der Waals surface area contributed by atoms with E-state index >= 15 is 0 Å². The van der Waals surface area contributed by atoms with Crippen LogP contribution in [0.4, 0.5) is 4.39 Å². The Hall–Kier alpha value is -0.310. The zero-order chi connectivity index (χ0) is 9.97. The third kappa shape index (κ3) is 3.07.